The summed E-state index contributed by atoms with van der Waals surface area (Å²) in [4.78, 5) is 17.6. The van der Waals surface area contributed by atoms with Crippen LogP contribution in [0.4, 0.5) is 25.8 Å². The predicted molar refractivity (Wildman–Crippen MR) is 145 cm³/mol. The number of hydrogen-bond acceptors (Lipinski definition) is 8. The molecule has 5 rings (SSSR count). The number of sulfone groups is 1. The zero-order chi connectivity index (χ0) is 28.1. The minimum atomic E-state index is -3.68. The molecule has 3 aromatic heterocycles. The molecule has 0 amide bonds. The molecule has 1 N–H and O–H groups in total. The molecule has 0 bridgehead atoms. The van der Waals surface area contributed by atoms with Crippen molar-refractivity contribution in [2.75, 3.05) is 11.6 Å². The maximum absolute atomic E-state index is 13.6. The largest absolute Gasteiger partial charge is 0.353 e. The van der Waals surface area contributed by atoms with E-state index in [9.17, 15) is 17.2 Å². The van der Waals surface area contributed by atoms with E-state index in [0.717, 1.165) is 23.3 Å². The number of pyridine rings is 1. The second kappa shape index (κ2) is 9.92. The van der Waals surface area contributed by atoms with Crippen LogP contribution in [0.2, 0.25) is 0 Å². The average Bonchev–Trinajstić information content (AvgIpc) is 3.41. The lowest BCUT2D eigenvalue weighted by molar-refractivity contribution is 0.224. The number of anilines is 2. The van der Waals surface area contributed by atoms with E-state index < -0.39 is 16.3 Å². The van der Waals surface area contributed by atoms with Crippen molar-refractivity contribution < 1.29 is 17.2 Å². The molecule has 0 aliphatic carbocycles. The molecule has 39 heavy (non-hydrogen) atoms. The first-order chi connectivity index (χ1) is 18.4. The lowest BCUT2D eigenvalue weighted by atomic mass is 10.1. The van der Waals surface area contributed by atoms with Crippen LogP contribution in [-0.2, 0) is 29.7 Å². The number of rotatable bonds is 7. The zero-order valence-electron chi connectivity index (χ0n) is 22.1. The number of nitrogens with one attached hydrogen (secondary N) is 1. The van der Waals surface area contributed by atoms with Gasteiger partial charge in [-0.3, -0.25) is 9.67 Å². The molecule has 1 aliphatic rings. The van der Waals surface area contributed by atoms with Crippen molar-refractivity contribution in [3.05, 3.63) is 70.7 Å². The summed E-state index contributed by atoms with van der Waals surface area (Å²) >= 11 is 0. The van der Waals surface area contributed by atoms with E-state index in [4.69, 9.17) is 0 Å². The van der Waals surface area contributed by atoms with Gasteiger partial charge in [0.2, 0.25) is 0 Å². The van der Waals surface area contributed by atoms with E-state index >= 15 is 0 Å². The summed E-state index contributed by atoms with van der Waals surface area (Å²) in [6, 6.07) is 10.4. The molecule has 0 radical (unpaired) electrons. The van der Waals surface area contributed by atoms with Crippen LogP contribution in [0.25, 0.3) is 11.3 Å². The Labute approximate surface area is 225 Å². The number of halogens is 2. The Morgan fingerprint density at radius 3 is 2.38 bits per heavy atom. The van der Waals surface area contributed by atoms with Crippen molar-refractivity contribution in [2.24, 2.45) is 12.0 Å². The highest BCUT2D eigenvalue weighted by Crippen LogP contribution is 2.39. The predicted octanol–water partition coefficient (Wildman–Crippen LogP) is 4.83. The highest BCUT2D eigenvalue weighted by molar-refractivity contribution is 7.90. The number of aryl methyl sites for hydroxylation is 4. The third-order valence-electron chi connectivity index (χ3n) is 6.42. The van der Waals surface area contributed by atoms with Gasteiger partial charge in [-0.25, -0.2) is 32.2 Å². The van der Waals surface area contributed by atoms with Crippen molar-refractivity contribution in [1.82, 2.24) is 24.7 Å². The highest BCUT2D eigenvalue weighted by atomic mass is 32.2. The van der Waals surface area contributed by atoms with Crippen LogP contribution in [-0.4, -0.2) is 51.5 Å². The summed E-state index contributed by atoms with van der Waals surface area (Å²) < 4.78 is 54.5. The number of nitrogens with zero attached hydrogens (tertiary/aromatic N) is 6. The zero-order valence-corrected chi connectivity index (χ0v) is 22.9. The average molecular weight is 552 g/mol. The van der Waals surface area contributed by atoms with Crippen LogP contribution in [0.5, 0.6) is 0 Å². The maximum atomic E-state index is 13.6. The number of hydrogen-bond donors (Lipinski definition) is 1. The molecule has 0 atom stereocenters. The minimum Gasteiger partial charge on any atom is -0.353 e. The topological polar surface area (TPSA) is 115 Å². The lowest BCUT2D eigenvalue weighted by Crippen LogP contribution is -2.10. The Bertz CT molecular complexity index is 1710. The number of alkyl halides is 2. The molecular weight excluding hydrogens is 524 g/mol. The van der Waals surface area contributed by atoms with Gasteiger partial charge < -0.3 is 5.32 Å². The highest BCUT2D eigenvalue weighted by Gasteiger charge is 2.27. The summed E-state index contributed by atoms with van der Waals surface area (Å²) in [5, 5.41) is 7.60. The third-order valence-corrected chi connectivity index (χ3v) is 7.55. The first kappa shape index (κ1) is 26.5. The Kier molecular flexibility index (Phi) is 6.75. The molecule has 1 aliphatic heterocycles. The standard InChI is InChI=1S/C27H27F2N7O2S/c1-14-8-18(31-16(3)30-14)11-19-12-22(26-23(32-19)13-24(34-26)27(28)29)33-20-7-6-17(10-25(20)39(5,37)38)21-9-15(2)36(4)35-21/h6-10,12,27H,11,13H2,1-5H3,(H,32,33). The SMILES string of the molecule is Cc1cc(Cc2cc(Nc3ccc(-c4cc(C)n(C)n4)cc3S(C)(=O)=O)c3c(n2)CC(C(F)F)=N3)nc(C)n1. The summed E-state index contributed by atoms with van der Waals surface area (Å²) in [5.41, 5.74) is 5.40. The van der Waals surface area contributed by atoms with Crippen LogP contribution in [0.15, 0.2) is 46.3 Å². The van der Waals surface area contributed by atoms with Crippen LogP contribution in [0.1, 0.15) is 34.3 Å². The van der Waals surface area contributed by atoms with Gasteiger partial charge in [-0.15, -0.1) is 0 Å². The van der Waals surface area contributed by atoms with E-state index in [1.165, 1.54) is 0 Å². The van der Waals surface area contributed by atoms with Crippen molar-refractivity contribution in [2.45, 2.75) is 44.9 Å². The van der Waals surface area contributed by atoms with Gasteiger partial charge in [0, 0.05) is 48.8 Å². The maximum Gasteiger partial charge on any atom is 0.277 e. The van der Waals surface area contributed by atoms with Crippen LogP contribution >= 0.6 is 0 Å². The van der Waals surface area contributed by atoms with Gasteiger partial charge in [0.05, 0.1) is 39.1 Å². The van der Waals surface area contributed by atoms with E-state index in [1.807, 2.05) is 33.0 Å². The summed E-state index contributed by atoms with van der Waals surface area (Å²) in [6.45, 7) is 5.57. The fourth-order valence-corrected chi connectivity index (χ4v) is 5.43. The number of aliphatic imine (C=N–C) groups is 1. The van der Waals surface area contributed by atoms with Gasteiger partial charge in [0.15, 0.2) is 9.84 Å². The van der Waals surface area contributed by atoms with Gasteiger partial charge >= 0.3 is 0 Å². The number of fused-ring (bicyclic) bond motifs is 1. The molecule has 9 nitrogen and oxygen atoms in total. The van der Waals surface area contributed by atoms with Gasteiger partial charge in [-0.2, -0.15) is 5.10 Å². The molecule has 202 valence electrons. The first-order valence-electron chi connectivity index (χ1n) is 12.2. The van der Waals surface area contributed by atoms with E-state index in [2.05, 4.69) is 30.4 Å². The van der Waals surface area contributed by atoms with Gasteiger partial charge in [-0.05, 0) is 51.1 Å². The summed E-state index contributed by atoms with van der Waals surface area (Å²) in [5.74, 6) is 0.619. The third kappa shape index (κ3) is 5.56. The van der Waals surface area contributed by atoms with Crippen LogP contribution in [0, 0.1) is 20.8 Å². The molecule has 1 aromatic carbocycles. The van der Waals surface area contributed by atoms with E-state index in [1.54, 1.807) is 35.9 Å². The summed E-state index contributed by atoms with van der Waals surface area (Å²) in [7, 11) is -1.87. The van der Waals surface area contributed by atoms with Crippen molar-refractivity contribution in [3.63, 3.8) is 0 Å². The minimum absolute atomic E-state index is 0.0496. The molecule has 4 aromatic rings. The normalized spacial score (nSPS) is 13.1. The smallest absolute Gasteiger partial charge is 0.277 e. The lowest BCUT2D eigenvalue weighted by Gasteiger charge is -2.15. The molecule has 12 heteroatoms. The Hall–Kier alpha value is -4.06. The number of benzene rings is 1. The summed E-state index contributed by atoms with van der Waals surface area (Å²) in [6.07, 6.45) is -1.35. The van der Waals surface area contributed by atoms with E-state index in [0.29, 0.717) is 46.3 Å². The Morgan fingerprint density at radius 2 is 1.74 bits per heavy atom. The fraction of sp³-hybridized carbons (Fsp3) is 0.296. The van der Waals surface area contributed by atoms with Gasteiger partial charge in [0.25, 0.3) is 6.43 Å². The fourth-order valence-electron chi connectivity index (χ4n) is 4.57. The quantitative estimate of drug-likeness (QED) is 0.350. The second-order valence-electron chi connectivity index (χ2n) is 9.66. The van der Waals surface area contributed by atoms with Gasteiger partial charge in [0.1, 0.15) is 11.5 Å². The molecular formula is C27H27F2N7O2S. The molecule has 0 saturated heterocycles. The van der Waals surface area contributed by atoms with Gasteiger partial charge in [-0.1, -0.05) is 6.07 Å². The first-order valence-corrected chi connectivity index (χ1v) is 14.1. The van der Waals surface area contributed by atoms with Crippen molar-refractivity contribution in [1.29, 1.82) is 0 Å². The molecule has 0 saturated carbocycles. The van der Waals surface area contributed by atoms with Crippen LogP contribution < -0.4 is 5.32 Å². The molecule has 0 fully saturated rings. The molecule has 0 spiro atoms. The Balaban J connectivity index is 1.59. The van der Waals surface area contributed by atoms with E-state index in [-0.39, 0.29) is 22.7 Å². The second-order valence-corrected chi connectivity index (χ2v) is 11.6. The molecule has 4 heterocycles. The van der Waals surface area contributed by atoms with Crippen molar-refractivity contribution in [3.8, 4) is 11.3 Å². The monoisotopic (exact) mass is 551 g/mol. The molecule has 0 unspecified atom stereocenters. The Morgan fingerprint density at radius 1 is 1.00 bits per heavy atom. The number of aromatic nitrogens is 5. The van der Waals surface area contributed by atoms with Crippen molar-refractivity contribution >= 4 is 32.6 Å². The van der Waals surface area contributed by atoms with Crippen LogP contribution in [0.3, 0.4) is 0 Å².